The van der Waals surface area contributed by atoms with Crippen LogP contribution in [0.1, 0.15) is 41.6 Å². The molecule has 0 atom stereocenters. The molecular weight excluding hydrogens is 386 g/mol. The van der Waals surface area contributed by atoms with Gasteiger partial charge < -0.3 is 10.2 Å². The molecule has 1 aliphatic carbocycles. The summed E-state index contributed by atoms with van der Waals surface area (Å²) in [6.45, 7) is 3.25. The first-order chi connectivity index (χ1) is 13.8. The fourth-order valence-corrected chi connectivity index (χ4v) is 4.72. The van der Waals surface area contributed by atoms with Crippen molar-refractivity contribution in [3.63, 3.8) is 0 Å². The first-order valence-electron chi connectivity index (χ1n) is 10.0. The van der Waals surface area contributed by atoms with Gasteiger partial charge in [-0.05, 0) is 57.1 Å². The highest BCUT2D eigenvalue weighted by Crippen LogP contribution is 2.22. The van der Waals surface area contributed by atoms with Gasteiger partial charge in [0.2, 0.25) is 0 Å². The summed E-state index contributed by atoms with van der Waals surface area (Å²) in [5, 5.41) is 2.89. The van der Waals surface area contributed by atoms with E-state index in [-0.39, 0.29) is 10.8 Å². The highest BCUT2D eigenvalue weighted by atomic mass is 32.2. The summed E-state index contributed by atoms with van der Waals surface area (Å²) >= 11 is 0. The first kappa shape index (κ1) is 21.3. The van der Waals surface area contributed by atoms with E-state index in [0.717, 1.165) is 12.1 Å². The van der Waals surface area contributed by atoms with Crippen molar-refractivity contribution in [1.82, 2.24) is 10.2 Å². The van der Waals surface area contributed by atoms with Crippen LogP contribution >= 0.6 is 0 Å². The molecule has 1 amide bonds. The SMILES string of the molecule is Cc1ccc(NS(=O)(=O)c2cccc(C(=O)NCCN(C)C3CCCC3)c2)cc1. The minimum Gasteiger partial charge on any atom is -0.351 e. The highest BCUT2D eigenvalue weighted by molar-refractivity contribution is 7.92. The molecule has 0 heterocycles. The van der Waals surface area contributed by atoms with Gasteiger partial charge in [0.05, 0.1) is 4.90 Å². The number of sulfonamides is 1. The minimum atomic E-state index is -3.77. The van der Waals surface area contributed by atoms with Crippen LogP contribution in [0.4, 0.5) is 5.69 Å². The molecule has 156 valence electrons. The lowest BCUT2D eigenvalue weighted by Crippen LogP contribution is -2.37. The molecule has 3 rings (SSSR count). The van der Waals surface area contributed by atoms with Crippen molar-refractivity contribution < 1.29 is 13.2 Å². The number of anilines is 1. The van der Waals surface area contributed by atoms with E-state index in [1.165, 1.54) is 37.8 Å². The van der Waals surface area contributed by atoms with Crippen LogP contribution in [0.5, 0.6) is 0 Å². The van der Waals surface area contributed by atoms with Crippen LogP contribution in [-0.2, 0) is 10.0 Å². The van der Waals surface area contributed by atoms with Crippen LogP contribution in [0.2, 0.25) is 0 Å². The molecule has 0 unspecified atom stereocenters. The lowest BCUT2D eigenvalue weighted by molar-refractivity contribution is 0.0947. The largest absolute Gasteiger partial charge is 0.351 e. The first-order valence-corrected chi connectivity index (χ1v) is 11.5. The molecule has 1 saturated carbocycles. The van der Waals surface area contributed by atoms with Gasteiger partial charge in [0.25, 0.3) is 15.9 Å². The number of benzene rings is 2. The summed E-state index contributed by atoms with van der Waals surface area (Å²) in [7, 11) is -1.68. The number of rotatable bonds is 8. The van der Waals surface area contributed by atoms with Crippen LogP contribution in [0, 0.1) is 6.92 Å². The van der Waals surface area contributed by atoms with Crippen molar-refractivity contribution in [3.8, 4) is 0 Å². The average molecular weight is 416 g/mol. The molecule has 0 aromatic heterocycles. The normalized spacial score (nSPS) is 14.9. The lowest BCUT2D eigenvalue weighted by atomic mass is 10.2. The Bertz CT molecular complexity index is 936. The smallest absolute Gasteiger partial charge is 0.261 e. The van der Waals surface area contributed by atoms with Crippen molar-refractivity contribution in [2.45, 2.75) is 43.5 Å². The summed E-state index contributed by atoms with van der Waals surface area (Å²) in [6, 6.07) is 13.8. The third-order valence-corrected chi connectivity index (χ3v) is 6.79. The lowest BCUT2D eigenvalue weighted by Gasteiger charge is -2.23. The second kappa shape index (κ2) is 9.41. The van der Waals surface area contributed by atoms with Gasteiger partial charge in [-0.3, -0.25) is 9.52 Å². The van der Waals surface area contributed by atoms with E-state index in [1.54, 1.807) is 24.3 Å². The Morgan fingerprint density at radius 3 is 2.48 bits per heavy atom. The van der Waals surface area contributed by atoms with Crippen LogP contribution in [0.3, 0.4) is 0 Å². The van der Waals surface area contributed by atoms with Crippen molar-refractivity contribution in [1.29, 1.82) is 0 Å². The van der Waals surface area contributed by atoms with Crippen molar-refractivity contribution >= 4 is 21.6 Å². The second-order valence-corrected chi connectivity index (χ2v) is 9.36. The number of hydrogen-bond donors (Lipinski definition) is 2. The quantitative estimate of drug-likeness (QED) is 0.693. The molecule has 0 spiro atoms. The van der Waals surface area contributed by atoms with E-state index in [2.05, 4.69) is 22.0 Å². The molecule has 0 saturated heterocycles. The van der Waals surface area contributed by atoms with E-state index in [0.29, 0.717) is 23.8 Å². The van der Waals surface area contributed by atoms with Crippen LogP contribution in [0.15, 0.2) is 53.4 Å². The zero-order valence-corrected chi connectivity index (χ0v) is 17.8. The number of hydrogen-bond acceptors (Lipinski definition) is 4. The Morgan fingerprint density at radius 2 is 1.79 bits per heavy atom. The van der Waals surface area contributed by atoms with Crippen LogP contribution in [-0.4, -0.2) is 45.4 Å². The maximum atomic E-state index is 12.7. The number of nitrogens with one attached hydrogen (secondary N) is 2. The summed E-state index contributed by atoms with van der Waals surface area (Å²) in [6.07, 6.45) is 5.00. The van der Waals surface area contributed by atoms with E-state index >= 15 is 0 Å². The second-order valence-electron chi connectivity index (χ2n) is 7.67. The zero-order chi connectivity index (χ0) is 20.9. The minimum absolute atomic E-state index is 0.0637. The molecule has 1 fully saturated rings. The maximum Gasteiger partial charge on any atom is 0.261 e. The van der Waals surface area contributed by atoms with Crippen molar-refractivity contribution in [2.75, 3.05) is 24.9 Å². The average Bonchev–Trinajstić information content (AvgIpc) is 3.24. The van der Waals surface area contributed by atoms with Crippen molar-refractivity contribution in [2.24, 2.45) is 0 Å². The molecular formula is C22H29N3O3S. The molecule has 29 heavy (non-hydrogen) atoms. The fourth-order valence-electron chi connectivity index (χ4n) is 3.62. The third-order valence-electron chi connectivity index (χ3n) is 5.41. The Morgan fingerprint density at radius 1 is 1.10 bits per heavy atom. The molecule has 0 aliphatic heterocycles. The highest BCUT2D eigenvalue weighted by Gasteiger charge is 2.20. The van der Waals surface area contributed by atoms with E-state index in [4.69, 9.17) is 0 Å². The number of carbonyl (C=O) groups excluding carboxylic acids is 1. The molecule has 0 radical (unpaired) electrons. The van der Waals surface area contributed by atoms with E-state index < -0.39 is 10.0 Å². The van der Waals surface area contributed by atoms with Crippen LogP contribution in [0.25, 0.3) is 0 Å². The van der Waals surface area contributed by atoms with Gasteiger partial charge in [-0.1, -0.05) is 36.6 Å². The number of amides is 1. The van der Waals surface area contributed by atoms with Gasteiger partial charge in [-0.25, -0.2) is 8.42 Å². The Balaban J connectivity index is 1.60. The Hall–Kier alpha value is -2.38. The monoisotopic (exact) mass is 415 g/mol. The molecule has 2 aromatic carbocycles. The predicted octanol–water partition coefficient (Wildman–Crippen LogP) is 3.40. The molecule has 6 nitrogen and oxygen atoms in total. The fraction of sp³-hybridized carbons (Fsp3) is 0.409. The van der Waals surface area contributed by atoms with Gasteiger partial charge in [0, 0.05) is 30.4 Å². The van der Waals surface area contributed by atoms with Gasteiger partial charge in [-0.15, -0.1) is 0 Å². The Kier molecular flexibility index (Phi) is 6.92. The molecule has 0 bridgehead atoms. The van der Waals surface area contributed by atoms with Gasteiger partial charge in [-0.2, -0.15) is 0 Å². The Labute approximate surface area is 173 Å². The van der Waals surface area contributed by atoms with Gasteiger partial charge >= 0.3 is 0 Å². The van der Waals surface area contributed by atoms with E-state index in [9.17, 15) is 13.2 Å². The number of carbonyl (C=O) groups is 1. The third kappa shape index (κ3) is 5.81. The maximum absolute atomic E-state index is 12.7. The predicted molar refractivity (Wildman–Crippen MR) is 116 cm³/mol. The van der Waals surface area contributed by atoms with Gasteiger partial charge in [0.15, 0.2) is 0 Å². The topological polar surface area (TPSA) is 78.5 Å². The summed E-state index contributed by atoms with van der Waals surface area (Å²) in [4.78, 5) is 14.8. The molecule has 2 aromatic rings. The number of likely N-dealkylation sites (N-methyl/N-ethyl adjacent to an activating group) is 1. The van der Waals surface area contributed by atoms with Crippen LogP contribution < -0.4 is 10.0 Å². The van der Waals surface area contributed by atoms with Gasteiger partial charge in [0.1, 0.15) is 0 Å². The standard InChI is InChI=1S/C22H29N3O3S/c1-17-10-12-19(13-11-17)24-29(27,28)21-9-5-6-18(16-21)22(26)23-14-15-25(2)20-7-3-4-8-20/h5-6,9-13,16,20,24H,3-4,7-8,14-15H2,1-2H3,(H,23,26). The number of nitrogens with zero attached hydrogens (tertiary/aromatic N) is 1. The van der Waals surface area contributed by atoms with E-state index in [1.807, 2.05) is 19.1 Å². The number of aryl methyl sites for hydroxylation is 1. The molecule has 7 heteroatoms. The summed E-state index contributed by atoms with van der Waals surface area (Å²) < 4.78 is 27.9. The zero-order valence-electron chi connectivity index (χ0n) is 17.0. The van der Waals surface area contributed by atoms with Crippen molar-refractivity contribution in [3.05, 3.63) is 59.7 Å². The molecule has 2 N–H and O–H groups in total. The summed E-state index contributed by atoms with van der Waals surface area (Å²) in [5.41, 5.74) is 1.87. The molecule has 1 aliphatic rings. The summed E-state index contributed by atoms with van der Waals surface area (Å²) in [5.74, 6) is -0.266.